The van der Waals surface area contributed by atoms with Gasteiger partial charge in [-0.2, -0.15) is 13.2 Å². The van der Waals surface area contributed by atoms with Crippen LogP contribution in [0.5, 0.6) is 0 Å². The lowest BCUT2D eigenvalue weighted by Gasteiger charge is -2.25. The smallest absolute Gasteiger partial charge is 0.352 e. The van der Waals surface area contributed by atoms with Gasteiger partial charge in [0.15, 0.2) is 0 Å². The number of nitrogens with zero attached hydrogens (tertiary/aromatic N) is 1. The number of allylic oxidation sites excluding steroid dienone is 1. The van der Waals surface area contributed by atoms with Gasteiger partial charge in [-0.05, 0) is 29.9 Å². The molecule has 0 saturated heterocycles. The van der Waals surface area contributed by atoms with E-state index in [2.05, 4.69) is 10.6 Å². The highest BCUT2D eigenvalue weighted by atomic mass is 19.4. The van der Waals surface area contributed by atoms with E-state index in [1.165, 1.54) is 0 Å². The number of carbonyl (C=O) groups is 1. The first-order valence-electron chi connectivity index (χ1n) is 8.38. The molecule has 0 saturated carbocycles. The third-order valence-corrected chi connectivity index (χ3v) is 4.58. The van der Waals surface area contributed by atoms with Crippen molar-refractivity contribution in [3.8, 4) is 0 Å². The van der Waals surface area contributed by atoms with Gasteiger partial charge in [0.05, 0.1) is 12.0 Å². The van der Waals surface area contributed by atoms with Crippen LogP contribution in [0.15, 0.2) is 12.3 Å². The second-order valence-electron chi connectivity index (χ2n) is 6.41. The SMILES string of the molecule is CCCNC(=O)c1cn2c3c1C(CC(F)(F)F)CC=C3CNCC2. The summed E-state index contributed by atoms with van der Waals surface area (Å²) in [5, 5.41) is 6.08. The molecule has 1 aromatic heterocycles. The molecular weight excluding hydrogens is 319 g/mol. The highest BCUT2D eigenvalue weighted by molar-refractivity contribution is 5.97. The van der Waals surface area contributed by atoms with Crippen molar-refractivity contribution in [1.29, 1.82) is 0 Å². The third kappa shape index (κ3) is 3.36. The Morgan fingerprint density at radius 2 is 2.25 bits per heavy atom. The molecule has 1 aliphatic carbocycles. The van der Waals surface area contributed by atoms with E-state index in [4.69, 9.17) is 0 Å². The Labute approximate surface area is 139 Å². The minimum Gasteiger partial charge on any atom is -0.352 e. The fourth-order valence-electron chi connectivity index (χ4n) is 3.58. The first-order valence-corrected chi connectivity index (χ1v) is 8.38. The van der Waals surface area contributed by atoms with Crippen molar-refractivity contribution in [3.63, 3.8) is 0 Å². The van der Waals surface area contributed by atoms with Crippen molar-refractivity contribution in [1.82, 2.24) is 15.2 Å². The van der Waals surface area contributed by atoms with Crippen molar-refractivity contribution in [2.75, 3.05) is 19.6 Å². The maximum atomic E-state index is 13.0. The molecule has 2 N–H and O–H groups in total. The second-order valence-corrected chi connectivity index (χ2v) is 6.41. The summed E-state index contributed by atoms with van der Waals surface area (Å²) in [6, 6.07) is 0. The lowest BCUT2D eigenvalue weighted by molar-refractivity contribution is -0.138. The van der Waals surface area contributed by atoms with Crippen molar-refractivity contribution in [3.05, 3.63) is 29.1 Å². The van der Waals surface area contributed by atoms with E-state index >= 15 is 0 Å². The molecule has 0 bridgehead atoms. The van der Waals surface area contributed by atoms with Gasteiger partial charge in [0.1, 0.15) is 0 Å². The monoisotopic (exact) mass is 341 g/mol. The summed E-state index contributed by atoms with van der Waals surface area (Å²) >= 11 is 0. The lowest BCUT2D eigenvalue weighted by atomic mass is 9.82. The molecule has 1 amide bonds. The van der Waals surface area contributed by atoms with Crippen LogP contribution in [0, 0.1) is 0 Å². The van der Waals surface area contributed by atoms with Crippen molar-refractivity contribution >= 4 is 11.5 Å². The molecule has 7 heteroatoms. The van der Waals surface area contributed by atoms with Gasteiger partial charge >= 0.3 is 6.18 Å². The number of carbonyl (C=O) groups excluding carboxylic acids is 1. The Hall–Kier alpha value is -1.76. The van der Waals surface area contributed by atoms with Crippen LogP contribution in [0.1, 0.15) is 53.7 Å². The molecule has 1 atom stereocenters. The number of hydrogen-bond donors (Lipinski definition) is 2. The Balaban J connectivity index is 2.04. The summed E-state index contributed by atoms with van der Waals surface area (Å²) in [6.07, 6.45) is -0.413. The molecule has 1 aromatic rings. The highest BCUT2D eigenvalue weighted by Crippen LogP contribution is 2.43. The van der Waals surface area contributed by atoms with Crippen LogP contribution in [-0.2, 0) is 6.54 Å². The topological polar surface area (TPSA) is 46.1 Å². The van der Waals surface area contributed by atoms with Crippen LogP contribution in [0.25, 0.3) is 5.57 Å². The Morgan fingerprint density at radius 3 is 2.96 bits per heavy atom. The number of hydrogen-bond acceptors (Lipinski definition) is 2. The minimum absolute atomic E-state index is 0.270. The zero-order valence-electron chi connectivity index (χ0n) is 13.7. The maximum absolute atomic E-state index is 13.0. The Kier molecular flexibility index (Phi) is 4.71. The first kappa shape index (κ1) is 17.1. The summed E-state index contributed by atoms with van der Waals surface area (Å²) < 4.78 is 41.0. The fourth-order valence-corrected chi connectivity index (χ4v) is 3.58. The van der Waals surface area contributed by atoms with E-state index in [1.54, 1.807) is 6.20 Å². The molecule has 1 unspecified atom stereocenters. The van der Waals surface area contributed by atoms with E-state index in [1.807, 2.05) is 17.6 Å². The summed E-state index contributed by atoms with van der Waals surface area (Å²) in [7, 11) is 0. The number of amides is 1. The van der Waals surface area contributed by atoms with Gasteiger partial charge in [-0.1, -0.05) is 13.0 Å². The molecular formula is C17H22F3N3O. The molecule has 0 fully saturated rings. The predicted octanol–water partition coefficient (Wildman–Crippen LogP) is 3.05. The molecule has 2 aliphatic rings. The van der Waals surface area contributed by atoms with E-state index < -0.39 is 18.5 Å². The van der Waals surface area contributed by atoms with Gasteiger partial charge in [0, 0.05) is 38.1 Å². The van der Waals surface area contributed by atoms with Crippen LogP contribution in [0.2, 0.25) is 0 Å². The van der Waals surface area contributed by atoms with Gasteiger partial charge in [-0.3, -0.25) is 4.79 Å². The number of rotatable bonds is 4. The molecule has 0 spiro atoms. The average molecular weight is 341 g/mol. The standard InChI is InChI=1S/C17H22F3N3O/c1-2-5-22-16(24)13-10-23-7-6-21-9-12-4-3-11(8-17(18,19)20)14(13)15(12)23/h4,10-11,21H,2-3,5-9H2,1H3,(H,22,24). The van der Waals surface area contributed by atoms with E-state index in [-0.39, 0.29) is 5.91 Å². The molecule has 132 valence electrons. The molecule has 0 radical (unpaired) electrons. The highest BCUT2D eigenvalue weighted by Gasteiger charge is 2.38. The molecule has 0 aromatic carbocycles. The van der Waals surface area contributed by atoms with E-state index in [0.717, 1.165) is 24.2 Å². The van der Waals surface area contributed by atoms with Crippen molar-refractivity contribution in [2.24, 2.45) is 0 Å². The largest absolute Gasteiger partial charge is 0.389 e. The van der Waals surface area contributed by atoms with Crippen LogP contribution in [-0.4, -0.2) is 36.3 Å². The maximum Gasteiger partial charge on any atom is 0.389 e. The zero-order chi connectivity index (χ0) is 17.3. The summed E-state index contributed by atoms with van der Waals surface area (Å²) in [5.74, 6) is -0.959. The van der Waals surface area contributed by atoms with Gasteiger partial charge in [0.2, 0.25) is 0 Å². The van der Waals surface area contributed by atoms with Crippen molar-refractivity contribution in [2.45, 2.75) is 44.8 Å². The zero-order valence-corrected chi connectivity index (χ0v) is 13.7. The van der Waals surface area contributed by atoms with Crippen LogP contribution in [0.3, 0.4) is 0 Å². The quantitative estimate of drug-likeness (QED) is 0.884. The predicted molar refractivity (Wildman–Crippen MR) is 85.9 cm³/mol. The first-order chi connectivity index (χ1) is 11.4. The summed E-state index contributed by atoms with van der Waals surface area (Å²) in [4.78, 5) is 12.5. The lowest BCUT2D eigenvalue weighted by Crippen LogP contribution is -2.27. The Morgan fingerprint density at radius 1 is 1.46 bits per heavy atom. The van der Waals surface area contributed by atoms with Crippen LogP contribution in [0.4, 0.5) is 13.2 Å². The summed E-state index contributed by atoms with van der Waals surface area (Å²) in [5.41, 5.74) is 2.78. The molecule has 3 rings (SSSR count). The molecule has 24 heavy (non-hydrogen) atoms. The Bertz CT molecular complexity index is 661. The molecule has 2 heterocycles. The van der Waals surface area contributed by atoms with Crippen molar-refractivity contribution < 1.29 is 18.0 Å². The van der Waals surface area contributed by atoms with Gasteiger partial charge in [-0.25, -0.2) is 0 Å². The number of alkyl halides is 3. The van der Waals surface area contributed by atoms with Gasteiger partial charge in [0.25, 0.3) is 5.91 Å². The number of nitrogens with one attached hydrogen (secondary N) is 2. The van der Waals surface area contributed by atoms with Gasteiger partial charge < -0.3 is 15.2 Å². The number of halogens is 3. The number of aromatic nitrogens is 1. The van der Waals surface area contributed by atoms with Gasteiger partial charge in [-0.15, -0.1) is 0 Å². The molecule has 4 nitrogen and oxygen atoms in total. The third-order valence-electron chi connectivity index (χ3n) is 4.58. The normalized spacial score (nSPS) is 20.2. The second kappa shape index (κ2) is 6.63. The van der Waals surface area contributed by atoms with Crippen LogP contribution < -0.4 is 10.6 Å². The van der Waals surface area contributed by atoms with E-state index in [0.29, 0.717) is 37.2 Å². The summed E-state index contributed by atoms with van der Waals surface area (Å²) in [6.45, 7) is 4.48. The molecule has 1 aliphatic heterocycles. The minimum atomic E-state index is -4.25. The van der Waals surface area contributed by atoms with E-state index in [9.17, 15) is 18.0 Å². The fraction of sp³-hybridized carbons (Fsp3) is 0.588. The average Bonchev–Trinajstić information content (AvgIpc) is 2.78. The van der Waals surface area contributed by atoms with Crippen LogP contribution >= 0.6 is 0 Å².